The predicted molar refractivity (Wildman–Crippen MR) is 90.1 cm³/mol. The van der Waals surface area contributed by atoms with Crippen molar-refractivity contribution >= 4 is 0 Å². The van der Waals surface area contributed by atoms with E-state index < -0.39 is 18.0 Å². The summed E-state index contributed by atoms with van der Waals surface area (Å²) < 4.78 is 42.4. The molecule has 0 fully saturated rings. The smallest absolute Gasteiger partial charge is 0.239 e. The summed E-state index contributed by atoms with van der Waals surface area (Å²) in [5, 5.41) is 0. The lowest BCUT2D eigenvalue weighted by molar-refractivity contribution is 0.0229. The molecule has 1 unspecified atom stereocenters. The van der Waals surface area contributed by atoms with E-state index >= 15 is 4.39 Å². The van der Waals surface area contributed by atoms with Crippen LogP contribution in [0.3, 0.4) is 0 Å². The second-order valence-electron chi connectivity index (χ2n) is 5.64. The highest BCUT2D eigenvalue weighted by molar-refractivity contribution is 5.52. The minimum atomic E-state index is -3.11. The molecule has 122 valence electrons. The fourth-order valence-corrected chi connectivity index (χ4v) is 3.27. The lowest BCUT2D eigenvalue weighted by Gasteiger charge is -2.38. The molecule has 0 bridgehead atoms. The first-order chi connectivity index (χ1) is 11.7. The predicted octanol–water partition coefficient (Wildman–Crippen LogP) is 5.62. The fourth-order valence-electron chi connectivity index (χ4n) is 3.27. The number of alkyl halides is 3. The molecular weight excluding hydrogens is 309 g/mol. The van der Waals surface area contributed by atoms with Crippen LogP contribution in [0.15, 0.2) is 91.0 Å². The molecule has 0 aliphatic rings. The van der Waals surface area contributed by atoms with Gasteiger partial charge in [-0.05, 0) is 16.7 Å². The topological polar surface area (TPSA) is 0 Å². The molecular formula is C21H17F3. The Balaban J connectivity index is 2.37. The summed E-state index contributed by atoms with van der Waals surface area (Å²) in [6.45, 7) is 0. The second-order valence-corrected chi connectivity index (χ2v) is 5.64. The largest absolute Gasteiger partial charge is 0.270 e. The maximum Gasteiger partial charge on any atom is 0.270 e. The lowest BCUT2D eigenvalue weighted by Crippen LogP contribution is -2.43. The molecule has 0 spiro atoms. The summed E-state index contributed by atoms with van der Waals surface area (Å²) in [5.41, 5.74) is -0.0293. The van der Waals surface area contributed by atoms with Gasteiger partial charge in [-0.3, -0.25) is 0 Å². The maximum atomic E-state index is 15.2. The standard InChI is InChI=1S/C21H17F3/c22-19(20(23)24)21(16-10-4-1-5-11-16,17-12-6-2-7-13-17)18-14-8-3-9-15-18/h1-15,19-20H. The van der Waals surface area contributed by atoms with E-state index in [1.807, 2.05) is 0 Å². The first-order valence-electron chi connectivity index (χ1n) is 7.76. The van der Waals surface area contributed by atoms with Crippen LogP contribution in [0, 0.1) is 0 Å². The van der Waals surface area contributed by atoms with Gasteiger partial charge in [0.15, 0.2) is 6.17 Å². The van der Waals surface area contributed by atoms with E-state index in [2.05, 4.69) is 0 Å². The second kappa shape index (κ2) is 6.91. The van der Waals surface area contributed by atoms with Crippen molar-refractivity contribution in [3.63, 3.8) is 0 Å². The van der Waals surface area contributed by atoms with Crippen molar-refractivity contribution in [2.75, 3.05) is 0 Å². The molecule has 24 heavy (non-hydrogen) atoms. The summed E-state index contributed by atoms with van der Waals surface area (Å²) in [7, 11) is 0. The van der Waals surface area contributed by atoms with Gasteiger partial charge in [-0.25, -0.2) is 13.2 Å². The van der Waals surface area contributed by atoms with Gasteiger partial charge in [0, 0.05) is 0 Å². The van der Waals surface area contributed by atoms with Gasteiger partial charge in [-0.1, -0.05) is 91.0 Å². The first-order valence-corrected chi connectivity index (χ1v) is 7.76. The molecule has 0 saturated carbocycles. The molecule has 0 aromatic heterocycles. The summed E-state index contributed by atoms with van der Waals surface area (Å²) >= 11 is 0. The van der Waals surface area contributed by atoms with Gasteiger partial charge in [0.05, 0.1) is 5.41 Å². The average Bonchev–Trinajstić information content (AvgIpc) is 2.65. The molecule has 0 aliphatic heterocycles. The normalized spacial score (nSPS) is 13.0. The third-order valence-electron chi connectivity index (χ3n) is 4.32. The average molecular weight is 326 g/mol. The zero-order valence-corrected chi connectivity index (χ0v) is 12.9. The number of benzene rings is 3. The first kappa shape index (κ1) is 16.3. The highest BCUT2D eigenvalue weighted by Gasteiger charge is 2.48. The zero-order valence-electron chi connectivity index (χ0n) is 12.9. The van der Waals surface area contributed by atoms with Crippen LogP contribution in [-0.2, 0) is 5.41 Å². The minimum absolute atomic E-state index is 0.509. The molecule has 0 heterocycles. The molecule has 1 atom stereocenters. The van der Waals surface area contributed by atoms with Crippen LogP contribution in [0.25, 0.3) is 0 Å². The molecule has 0 saturated heterocycles. The minimum Gasteiger partial charge on any atom is -0.239 e. The molecule has 0 aliphatic carbocycles. The Bertz CT molecular complexity index is 658. The molecule has 0 nitrogen and oxygen atoms in total. The maximum absolute atomic E-state index is 15.2. The number of rotatable bonds is 5. The Hall–Kier alpha value is -2.55. The van der Waals surface area contributed by atoms with Crippen LogP contribution in [0.4, 0.5) is 13.2 Å². The highest BCUT2D eigenvalue weighted by atomic mass is 19.3. The van der Waals surface area contributed by atoms with E-state index in [9.17, 15) is 8.78 Å². The van der Waals surface area contributed by atoms with E-state index in [4.69, 9.17) is 0 Å². The van der Waals surface area contributed by atoms with E-state index in [1.165, 1.54) is 0 Å². The molecule has 0 N–H and O–H groups in total. The zero-order chi connectivity index (χ0) is 17.0. The van der Waals surface area contributed by atoms with Crippen LogP contribution in [0.1, 0.15) is 16.7 Å². The monoisotopic (exact) mass is 326 g/mol. The number of hydrogen-bond donors (Lipinski definition) is 0. The van der Waals surface area contributed by atoms with Crippen molar-refractivity contribution in [2.45, 2.75) is 18.0 Å². The summed E-state index contributed by atoms with van der Waals surface area (Å²) in [6, 6.07) is 26.1. The summed E-state index contributed by atoms with van der Waals surface area (Å²) in [6.07, 6.45) is -5.48. The van der Waals surface area contributed by atoms with Crippen molar-refractivity contribution in [3.8, 4) is 0 Å². The van der Waals surface area contributed by atoms with Crippen LogP contribution >= 0.6 is 0 Å². The molecule has 0 radical (unpaired) electrons. The summed E-state index contributed by atoms with van der Waals surface area (Å²) in [4.78, 5) is 0. The van der Waals surface area contributed by atoms with Gasteiger partial charge >= 0.3 is 0 Å². The molecule has 3 aromatic rings. The van der Waals surface area contributed by atoms with Crippen molar-refractivity contribution in [1.29, 1.82) is 0 Å². The Kier molecular flexibility index (Phi) is 4.70. The van der Waals surface area contributed by atoms with Gasteiger partial charge in [0.25, 0.3) is 6.43 Å². The van der Waals surface area contributed by atoms with Crippen molar-refractivity contribution in [2.24, 2.45) is 0 Å². The van der Waals surface area contributed by atoms with Crippen LogP contribution < -0.4 is 0 Å². The van der Waals surface area contributed by atoms with Gasteiger partial charge in [-0.15, -0.1) is 0 Å². The molecule has 3 heteroatoms. The molecule has 0 amide bonds. The lowest BCUT2D eigenvalue weighted by atomic mass is 9.66. The third-order valence-corrected chi connectivity index (χ3v) is 4.32. The Morgan fingerprint density at radius 1 is 0.500 bits per heavy atom. The van der Waals surface area contributed by atoms with E-state index in [0.29, 0.717) is 16.7 Å². The quantitative estimate of drug-likeness (QED) is 0.534. The third kappa shape index (κ3) is 2.71. The number of halogens is 3. The summed E-state index contributed by atoms with van der Waals surface area (Å²) in [5.74, 6) is 0. The van der Waals surface area contributed by atoms with E-state index in [1.54, 1.807) is 91.0 Å². The highest BCUT2D eigenvalue weighted by Crippen LogP contribution is 2.45. The Morgan fingerprint density at radius 3 is 1.04 bits per heavy atom. The van der Waals surface area contributed by atoms with Gasteiger partial charge < -0.3 is 0 Å². The molecule has 3 rings (SSSR count). The van der Waals surface area contributed by atoms with Crippen molar-refractivity contribution in [1.82, 2.24) is 0 Å². The van der Waals surface area contributed by atoms with Gasteiger partial charge in [-0.2, -0.15) is 0 Å². The van der Waals surface area contributed by atoms with Crippen LogP contribution in [-0.4, -0.2) is 12.6 Å². The van der Waals surface area contributed by atoms with Gasteiger partial charge in [0.2, 0.25) is 0 Å². The molecule has 3 aromatic carbocycles. The van der Waals surface area contributed by atoms with Crippen molar-refractivity contribution < 1.29 is 13.2 Å². The Labute approximate surface area is 139 Å². The van der Waals surface area contributed by atoms with Crippen molar-refractivity contribution in [3.05, 3.63) is 108 Å². The van der Waals surface area contributed by atoms with Gasteiger partial charge in [0.1, 0.15) is 0 Å². The van der Waals surface area contributed by atoms with Crippen LogP contribution in [0.2, 0.25) is 0 Å². The Morgan fingerprint density at radius 2 is 0.792 bits per heavy atom. The van der Waals surface area contributed by atoms with E-state index in [-0.39, 0.29) is 0 Å². The van der Waals surface area contributed by atoms with Crippen LogP contribution in [0.5, 0.6) is 0 Å². The number of hydrogen-bond acceptors (Lipinski definition) is 0. The van der Waals surface area contributed by atoms with E-state index in [0.717, 1.165) is 0 Å². The SMILES string of the molecule is FC(F)C(F)C(c1ccccc1)(c1ccccc1)c1ccccc1. The fraction of sp³-hybridized carbons (Fsp3) is 0.143.